The van der Waals surface area contributed by atoms with Crippen molar-refractivity contribution in [2.45, 2.75) is 18.9 Å². The Hall–Kier alpha value is -1.41. The number of Topliss-reactive ketones (excluding diaryl/α,β-unsaturated/α-hetero) is 1. The van der Waals surface area contributed by atoms with E-state index in [0.717, 1.165) is 5.56 Å². The number of carbonyl (C=O) groups is 1. The molecule has 74 valence electrons. The van der Waals surface area contributed by atoms with Crippen molar-refractivity contribution >= 4 is 5.78 Å². The molecule has 0 bridgehead atoms. The molecule has 0 radical (unpaired) electrons. The minimum absolute atomic E-state index is 0.0658. The molecule has 1 aromatic rings. The Morgan fingerprint density at radius 2 is 2.07 bits per heavy atom. The van der Waals surface area contributed by atoms with Crippen molar-refractivity contribution in [1.82, 2.24) is 0 Å². The van der Waals surface area contributed by atoms with Gasteiger partial charge in [-0.15, -0.1) is 6.58 Å². The van der Waals surface area contributed by atoms with Crippen LogP contribution in [-0.2, 0) is 4.79 Å². The van der Waals surface area contributed by atoms with Crippen molar-refractivity contribution in [3.8, 4) is 0 Å². The first-order valence-electron chi connectivity index (χ1n) is 4.70. The Balaban J connectivity index is 2.61. The molecule has 0 spiro atoms. The molecular weight excluding hydrogens is 174 g/mol. The molecule has 1 aromatic carbocycles. The van der Waals surface area contributed by atoms with Crippen molar-refractivity contribution in [2.75, 3.05) is 0 Å². The van der Waals surface area contributed by atoms with Gasteiger partial charge in [0, 0.05) is 6.42 Å². The average Bonchev–Trinajstić information content (AvgIpc) is 2.26. The maximum Gasteiger partial charge on any atom is 0.154 e. The van der Waals surface area contributed by atoms with Crippen LogP contribution in [0.25, 0.3) is 0 Å². The van der Waals surface area contributed by atoms with Crippen LogP contribution in [-0.4, -0.2) is 5.78 Å². The molecule has 0 fully saturated rings. The molecule has 2 heteroatoms. The van der Waals surface area contributed by atoms with Crippen LogP contribution in [0, 0.1) is 0 Å². The molecule has 0 aliphatic carbocycles. The number of nitrogens with two attached hydrogens (primary N) is 1. The highest BCUT2D eigenvalue weighted by molar-refractivity contribution is 5.85. The summed E-state index contributed by atoms with van der Waals surface area (Å²) in [7, 11) is 0. The van der Waals surface area contributed by atoms with Crippen molar-refractivity contribution < 1.29 is 4.79 Å². The number of hydrogen-bond donors (Lipinski definition) is 1. The van der Waals surface area contributed by atoms with Gasteiger partial charge in [-0.05, 0) is 12.0 Å². The predicted molar refractivity (Wildman–Crippen MR) is 57.8 cm³/mol. The van der Waals surface area contributed by atoms with Gasteiger partial charge < -0.3 is 5.73 Å². The van der Waals surface area contributed by atoms with Gasteiger partial charge in [0.2, 0.25) is 0 Å². The van der Waals surface area contributed by atoms with E-state index in [-0.39, 0.29) is 5.78 Å². The number of hydrogen-bond acceptors (Lipinski definition) is 2. The van der Waals surface area contributed by atoms with Crippen LogP contribution in [0.5, 0.6) is 0 Å². The standard InChI is InChI=1S/C12H15NO/c1-2-3-9-11(14)12(13)10-7-5-4-6-8-10/h2,4-8,12H,1,3,9,13H2/t12-/m1/s1. The first kappa shape index (κ1) is 10.7. The second kappa shape index (κ2) is 5.35. The highest BCUT2D eigenvalue weighted by Crippen LogP contribution is 2.12. The van der Waals surface area contributed by atoms with E-state index in [0.29, 0.717) is 12.8 Å². The zero-order valence-corrected chi connectivity index (χ0v) is 8.15. The van der Waals surface area contributed by atoms with Gasteiger partial charge in [-0.3, -0.25) is 4.79 Å². The summed E-state index contributed by atoms with van der Waals surface area (Å²) < 4.78 is 0. The van der Waals surface area contributed by atoms with E-state index in [2.05, 4.69) is 6.58 Å². The van der Waals surface area contributed by atoms with Crippen LogP contribution in [0.1, 0.15) is 24.4 Å². The van der Waals surface area contributed by atoms with Crippen LogP contribution >= 0.6 is 0 Å². The highest BCUT2D eigenvalue weighted by Gasteiger charge is 2.13. The molecule has 0 amide bonds. The lowest BCUT2D eigenvalue weighted by molar-refractivity contribution is -0.120. The summed E-state index contributed by atoms with van der Waals surface area (Å²) >= 11 is 0. The molecule has 0 aliphatic rings. The number of allylic oxidation sites excluding steroid dienone is 1. The fraction of sp³-hybridized carbons (Fsp3) is 0.250. The van der Waals surface area contributed by atoms with Crippen LogP contribution in [0.3, 0.4) is 0 Å². The lowest BCUT2D eigenvalue weighted by Crippen LogP contribution is -2.20. The molecule has 0 saturated carbocycles. The van der Waals surface area contributed by atoms with E-state index >= 15 is 0 Å². The third-order valence-electron chi connectivity index (χ3n) is 2.10. The summed E-state index contributed by atoms with van der Waals surface area (Å²) in [5.41, 5.74) is 6.67. The van der Waals surface area contributed by atoms with E-state index in [1.165, 1.54) is 0 Å². The van der Waals surface area contributed by atoms with E-state index in [4.69, 9.17) is 5.73 Å². The molecule has 14 heavy (non-hydrogen) atoms. The number of ketones is 1. The molecule has 1 atom stereocenters. The second-order valence-electron chi connectivity index (χ2n) is 3.18. The number of rotatable bonds is 5. The molecule has 0 unspecified atom stereocenters. The molecule has 2 nitrogen and oxygen atoms in total. The van der Waals surface area contributed by atoms with Gasteiger partial charge in [-0.25, -0.2) is 0 Å². The number of carbonyl (C=O) groups excluding carboxylic acids is 1. The Kier molecular flexibility index (Phi) is 4.08. The fourth-order valence-electron chi connectivity index (χ4n) is 1.25. The normalized spacial score (nSPS) is 12.1. The lowest BCUT2D eigenvalue weighted by Gasteiger charge is -2.09. The van der Waals surface area contributed by atoms with Gasteiger partial charge in [0.1, 0.15) is 0 Å². The first-order valence-corrected chi connectivity index (χ1v) is 4.70. The SMILES string of the molecule is C=CCCC(=O)[C@H](N)c1ccccc1. The van der Waals surface area contributed by atoms with Gasteiger partial charge in [0.05, 0.1) is 6.04 Å². The smallest absolute Gasteiger partial charge is 0.154 e. The van der Waals surface area contributed by atoms with Crippen molar-refractivity contribution in [3.63, 3.8) is 0 Å². The fourth-order valence-corrected chi connectivity index (χ4v) is 1.25. The molecule has 0 aliphatic heterocycles. The quantitative estimate of drug-likeness (QED) is 0.722. The van der Waals surface area contributed by atoms with Crippen molar-refractivity contribution in [2.24, 2.45) is 5.73 Å². The average molecular weight is 189 g/mol. The summed E-state index contributed by atoms with van der Waals surface area (Å²) in [5.74, 6) is 0.0658. The van der Waals surface area contributed by atoms with E-state index in [9.17, 15) is 4.79 Å². The summed E-state index contributed by atoms with van der Waals surface area (Å²) in [6.45, 7) is 3.57. The Bertz CT molecular complexity index is 305. The maximum absolute atomic E-state index is 11.5. The molecule has 2 N–H and O–H groups in total. The van der Waals surface area contributed by atoms with Gasteiger partial charge in [0.15, 0.2) is 5.78 Å². The van der Waals surface area contributed by atoms with E-state index in [1.807, 2.05) is 30.3 Å². The topological polar surface area (TPSA) is 43.1 Å². The van der Waals surface area contributed by atoms with Crippen LogP contribution in [0.4, 0.5) is 0 Å². The minimum atomic E-state index is -0.490. The summed E-state index contributed by atoms with van der Waals surface area (Å²) in [6, 6.07) is 8.93. The molecule has 0 heterocycles. The minimum Gasteiger partial charge on any atom is -0.318 e. The van der Waals surface area contributed by atoms with E-state index in [1.54, 1.807) is 6.08 Å². The largest absolute Gasteiger partial charge is 0.318 e. The van der Waals surface area contributed by atoms with Crippen LogP contribution in [0.2, 0.25) is 0 Å². The third-order valence-corrected chi connectivity index (χ3v) is 2.10. The highest BCUT2D eigenvalue weighted by atomic mass is 16.1. The maximum atomic E-state index is 11.5. The first-order chi connectivity index (χ1) is 6.75. The monoisotopic (exact) mass is 189 g/mol. The molecule has 0 aromatic heterocycles. The van der Waals surface area contributed by atoms with Gasteiger partial charge in [-0.1, -0.05) is 36.4 Å². The second-order valence-corrected chi connectivity index (χ2v) is 3.18. The van der Waals surface area contributed by atoms with Gasteiger partial charge in [-0.2, -0.15) is 0 Å². The van der Waals surface area contributed by atoms with Gasteiger partial charge >= 0.3 is 0 Å². The molecular formula is C12H15NO. The molecule has 0 saturated heterocycles. The molecule has 1 rings (SSSR count). The predicted octanol–water partition coefficient (Wildman–Crippen LogP) is 2.22. The Labute approximate surface area is 84.4 Å². The summed E-state index contributed by atoms with van der Waals surface area (Å²) in [5, 5.41) is 0. The van der Waals surface area contributed by atoms with E-state index < -0.39 is 6.04 Å². The van der Waals surface area contributed by atoms with Crippen molar-refractivity contribution in [1.29, 1.82) is 0 Å². The van der Waals surface area contributed by atoms with Crippen LogP contribution < -0.4 is 5.73 Å². The zero-order valence-electron chi connectivity index (χ0n) is 8.15. The summed E-state index contributed by atoms with van der Waals surface area (Å²) in [4.78, 5) is 11.5. The zero-order chi connectivity index (χ0) is 10.4. The lowest BCUT2D eigenvalue weighted by atomic mass is 10.0. The van der Waals surface area contributed by atoms with Crippen LogP contribution in [0.15, 0.2) is 43.0 Å². The third kappa shape index (κ3) is 2.82. The Morgan fingerprint density at radius 1 is 1.43 bits per heavy atom. The van der Waals surface area contributed by atoms with Crippen molar-refractivity contribution in [3.05, 3.63) is 48.6 Å². The Morgan fingerprint density at radius 3 is 2.64 bits per heavy atom. The number of benzene rings is 1. The van der Waals surface area contributed by atoms with Gasteiger partial charge in [0.25, 0.3) is 0 Å². The summed E-state index contributed by atoms with van der Waals surface area (Å²) in [6.07, 6.45) is 2.90.